The van der Waals surface area contributed by atoms with E-state index in [0.717, 1.165) is 11.1 Å². The Hall–Kier alpha value is -2.53. The second-order valence-corrected chi connectivity index (χ2v) is 4.74. The molecule has 0 spiro atoms. The Bertz CT molecular complexity index is 695. The Kier molecular flexibility index (Phi) is 3.27. The second kappa shape index (κ2) is 5.10. The van der Waals surface area contributed by atoms with Crippen molar-refractivity contribution < 1.29 is 24.5 Å². The largest absolute Gasteiger partial charge is 0.496 e. The van der Waals surface area contributed by atoms with Crippen LogP contribution in [0.5, 0.6) is 11.5 Å². The Labute approximate surface area is 121 Å². The minimum absolute atomic E-state index is 0.498. The molecular weight excluding hydrogens is 272 g/mol. The van der Waals surface area contributed by atoms with Gasteiger partial charge in [0, 0.05) is 5.56 Å². The van der Waals surface area contributed by atoms with E-state index in [2.05, 4.69) is 0 Å². The van der Waals surface area contributed by atoms with Crippen LogP contribution in [-0.2, 0) is 4.79 Å². The summed E-state index contributed by atoms with van der Waals surface area (Å²) in [5.41, 5.74) is 2.20. The first-order valence-electron chi connectivity index (χ1n) is 6.47. The quantitative estimate of drug-likeness (QED) is 0.905. The summed E-state index contributed by atoms with van der Waals surface area (Å²) in [6, 6.07) is 12.6. The van der Waals surface area contributed by atoms with E-state index >= 15 is 0 Å². The van der Waals surface area contributed by atoms with E-state index in [1.54, 1.807) is 31.4 Å². The molecule has 2 atom stereocenters. The van der Waals surface area contributed by atoms with Gasteiger partial charge in [0.05, 0.1) is 12.7 Å². The highest BCUT2D eigenvalue weighted by atomic mass is 16.5. The Morgan fingerprint density at radius 2 is 2.00 bits per heavy atom. The zero-order valence-electron chi connectivity index (χ0n) is 11.3. The fourth-order valence-electron chi connectivity index (χ4n) is 2.58. The zero-order valence-corrected chi connectivity index (χ0v) is 11.3. The lowest BCUT2D eigenvalue weighted by molar-refractivity contribution is -0.152. The van der Waals surface area contributed by atoms with E-state index in [1.807, 2.05) is 18.2 Å². The van der Waals surface area contributed by atoms with Gasteiger partial charge >= 0.3 is 5.97 Å². The predicted octanol–water partition coefficient (Wildman–Crippen LogP) is 2.24. The van der Waals surface area contributed by atoms with Gasteiger partial charge in [0.15, 0.2) is 12.2 Å². The number of aliphatic hydroxyl groups excluding tert-OH is 1. The lowest BCUT2D eigenvalue weighted by Crippen LogP contribution is -2.33. The Morgan fingerprint density at radius 1 is 1.24 bits per heavy atom. The maximum Gasteiger partial charge on any atom is 0.336 e. The van der Waals surface area contributed by atoms with Crippen LogP contribution < -0.4 is 9.47 Å². The summed E-state index contributed by atoms with van der Waals surface area (Å²) in [7, 11) is 1.57. The highest BCUT2D eigenvalue weighted by Gasteiger charge is 2.36. The van der Waals surface area contributed by atoms with Gasteiger partial charge in [-0.15, -0.1) is 0 Å². The number of rotatable bonds is 3. The van der Waals surface area contributed by atoms with Crippen molar-refractivity contribution in [1.29, 1.82) is 0 Å². The fourth-order valence-corrected chi connectivity index (χ4v) is 2.58. The van der Waals surface area contributed by atoms with Crippen LogP contribution in [0, 0.1) is 0 Å². The van der Waals surface area contributed by atoms with Crippen molar-refractivity contribution in [2.24, 2.45) is 0 Å². The van der Waals surface area contributed by atoms with Crippen LogP contribution in [0.4, 0.5) is 0 Å². The molecule has 0 saturated heterocycles. The summed E-state index contributed by atoms with van der Waals surface area (Å²) in [6.45, 7) is 0. The molecule has 0 aliphatic carbocycles. The van der Waals surface area contributed by atoms with E-state index < -0.39 is 18.2 Å². The molecule has 21 heavy (non-hydrogen) atoms. The first-order chi connectivity index (χ1) is 10.1. The number of aliphatic carboxylic acids is 1. The smallest absolute Gasteiger partial charge is 0.336 e. The summed E-state index contributed by atoms with van der Waals surface area (Å²) < 4.78 is 11.1. The van der Waals surface area contributed by atoms with Gasteiger partial charge in [0.25, 0.3) is 0 Å². The average Bonchev–Trinajstić information content (AvgIpc) is 2.52. The maximum absolute atomic E-state index is 11.1. The number of carbonyl (C=O) groups is 1. The molecule has 1 heterocycles. The first-order valence-corrected chi connectivity index (χ1v) is 6.47. The van der Waals surface area contributed by atoms with Crippen LogP contribution in [-0.4, -0.2) is 29.4 Å². The van der Waals surface area contributed by atoms with Gasteiger partial charge in [-0.2, -0.15) is 0 Å². The second-order valence-electron chi connectivity index (χ2n) is 4.74. The first kappa shape index (κ1) is 13.5. The third-order valence-corrected chi connectivity index (χ3v) is 3.54. The molecule has 2 N–H and O–H groups in total. The van der Waals surface area contributed by atoms with Crippen molar-refractivity contribution in [1.82, 2.24) is 0 Å². The molecule has 108 valence electrons. The summed E-state index contributed by atoms with van der Waals surface area (Å²) in [5, 5.41) is 18.9. The van der Waals surface area contributed by atoms with Gasteiger partial charge in [-0.3, -0.25) is 0 Å². The van der Waals surface area contributed by atoms with Crippen LogP contribution in [0.1, 0.15) is 11.7 Å². The van der Waals surface area contributed by atoms with Crippen molar-refractivity contribution in [3.63, 3.8) is 0 Å². The molecule has 0 bridgehead atoms. The molecule has 0 radical (unpaired) electrons. The average molecular weight is 286 g/mol. The minimum Gasteiger partial charge on any atom is -0.496 e. The molecule has 2 unspecified atom stereocenters. The number of fused-ring (bicyclic) bond motifs is 3. The van der Waals surface area contributed by atoms with Crippen LogP contribution in [0.2, 0.25) is 0 Å². The predicted molar refractivity (Wildman–Crippen MR) is 75.4 cm³/mol. The minimum atomic E-state index is -1.63. The number of carboxylic acid groups (broad SMARTS) is 1. The molecule has 2 aromatic carbocycles. The molecule has 5 heteroatoms. The third kappa shape index (κ3) is 2.11. The highest BCUT2D eigenvalue weighted by Crippen LogP contribution is 2.47. The van der Waals surface area contributed by atoms with E-state index in [-0.39, 0.29) is 0 Å². The zero-order chi connectivity index (χ0) is 15.0. The monoisotopic (exact) mass is 286 g/mol. The van der Waals surface area contributed by atoms with Crippen molar-refractivity contribution in [3.05, 3.63) is 48.0 Å². The lowest BCUT2D eigenvalue weighted by Gasteiger charge is -2.31. The number of methoxy groups -OCH3 is 1. The number of hydrogen-bond donors (Lipinski definition) is 2. The number of ether oxygens (including phenoxy) is 2. The van der Waals surface area contributed by atoms with Gasteiger partial charge in [-0.1, -0.05) is 30.3 Å². The van der Waals surface area contributed by atoms with Crippen molar-refractivity contribution in [2.75, 3.05) is 7.11 Å². The van der Waals surface area contributed by atoms with Crippen LogP contribution in [0.25, 0.3) is 11.1 Å². The van der Waals surface area contributed by atoms with Crippen LogP contribution >= 0.6 is 0 Å². The number of aliphatic hydroxyl groups is 1. The Balaban J connectivity index is 2.21. The highest BCUT2D eigenvalue weighted by molar-refractivity contribution is 5.83. The van der Waals surface area contributed by atoms with E-state index in [4.69, 9.17) is 14.6 Å². The molecule has 0 amide bonds. The number of hydrogen-bond acceptors (Lipinski definition) is 4. The standard InChI is InChI=1S/C16H14O5/c1-20-11-7-4-8-12-13(11)9-5-2-3-6-10(9)15(21-12)14(17)16(18)19/h2-8,14-15,17H,1H3,(H,18,19). The molecule has 1 aliphatic heterocycles. The van der Waals surface area contributed by atoms with E-state index in [0.29, 0.717) is 17.1 Å². The van der Waals surface area contributed by atoms with Gasteiger partial charge in [-0.25, -0.2) is 4.79 Å². The topological polar surface area (TPSA) is 76.0 Å². The van der Waals surface area contributed by atoms with Gasteiger partial charge in [0.2, 0.25) is 0 Å². The van der Waals surface area contributed by atoms with Crippen LogP contribution in [0.3, 0.4) is 0 Å². The van der Waals surface area contributed by atoms with Crippen molar-refractivity contribution >= 4 is 5.97 Å². The van der Waals surface area contributed by atoms with Crippen molar-refractivity contribution in [3.8, 4) is 22.6 Å². The van der Waals surface area contributed by atoms with Gasteiger partial charge < -0.3 is 19.7 Å². The number of carboxylic acids is 1. The maximum atomic E-state index is 11.1. The Morgan fingerprint density at radius 3 is 2.71 bits per heavy atom. The lowest BCUT2D eigenvalue weighted by atomic mass is 9.90. The molecule has 1 aliphatic rings. The molecule has 3 rings (SSSR count). The number of benzene rings is 2. The molecule has 0 aromatic heterocycles. The van der Waals surface area contributed by atoms with Gasteiger partial charge in [0.1, 0.15) is 11.5 Å². The SMILES string of the molecule is COc1cccc2c1-c1ccccc1C(C(O)C(=O)O)O2. The van der Waals surface area contributed by atoms with E-state index in [9.17, 15) is 9.90 Å². The fraction of sp³-hybridized carbons (Fsp3) is 0.188. The summed E-state index contributed by atoms with van der Waals surface area (Å²) in [4.78, 5) is 11.1. The molecule has 0 fully saturated rings. The normalized spacial score (nSPS) is 17.1. The molecule has 0 saturated carbocycles. The molecular formula is C16H14O5. The van der Waals surface area contributed by atoms with E-state index in [1.165, 1.54) is 0 Å². The summed E-state index contributed by atoms with van der Waals surface area (Å²) in [6.07, 6.45) is -2.58. The van der Waals surface area contributed by atoms with Gasteiger partial charge in [-0.05, 0) is 17.7 Å². The van der Waals surface area contributed by atoms with Crippen LogP contribution in [0.15, 0.2) is 42.5 Å². The summed E-state index contributed by atoms with van der Waals surface area (Å²) >= 11 is 0. The third-order valence-electron chi connectivity index (χ3n) is 3.54. The molecule has 2 aromatic rings. The van der Waals surface area contributed by atoms with Crippen molar-refractivity contribution in [2.45, 2.75) is 12.2 Å². The molecule has 5 nitrogen and oxygen atoms in total. The summed E-state index contributed by atoms with van der Waals surface area (Å²) in [5.74, 6) is -0.178.